The van der Waals surface area contributed by atoms with Crippen LogP contribution in [0.2, 0.25) is 0 Å². The number of hydrogen-bond acceptors (Lipinski definition) is 3. The van der Waals surface area contributed by atoms with Gasteiger partial charge in [0.25, 0.3) is 0 Å². The topological polar surface area (TPSA) is 58.6 Å². The first-order valence-corrected chi connectivity index (χ1v) is 7.58. The van der Waals surface area contributed by atoms with Gasteiger partial charge in [-0.15, -0.1) is 0 Å². The van der Waals surface area contributed by atoms with Gasteiger partial charge in [0.2, 0.25) is 11.8 Å². The molecule has 0 spiro atoms. The predicted octanol–water partition coefficient (Wildman–Crippen LogP) is 1.17. The highest BCUT2D eigenvalue weighted by molar-refractivity contribution is 5.97. The van der Waals surface area contributed by atoms with Gasteiger partial charge in [-0.2, -0.15) is 0 Å². The molecule has 2 heterocycles. The molecule has 0 aromatic heterocycles. The van der Waals surface area contributed by atoms with Crippen LogP contribution in [0.3, 0.4) is 0 Å². The second-order valence-corrected chi connectivity index (χ2v) is 6.60. The molecule has 2 aliphatic heterocycles. The van der Waals surface area contributed by atoms with E-state index in [1.807, 2.05) is 39.5 Å². The molecule has 2 saturated heterocycles. The largest absolute Gasteiger partial charge is 0.376 e. The molecule has 5 heteroatoms. The lowest BCUT2D eigenvalue weighted by Crippen LogP contribution is -2.69. The van der Waals surface area contributed by atoms with Crippen molar-refractivity contribution in [1.29, 1.82) is 0 Å². The number of amides is 2. The van der Waals surface area contributed by atoms with Gasteiger partial charge in [0, 0.05) is 6.61 Å². The molecule has 2 rings (SSSR count). The zero-order chi connectivity index (χ0) is 15.0. The average Bonchev–Trinajstić information content (AvgIpc) is 2.76. The Morgan fingerprint density at radius 3 is 2.30 bits per heavy atom. The molecule has 0 aromatic rings. The van der Waals surface area contributed by atoms with Crippen LogP contribution in [-0.2, 0) is 14.3 Å². The Morgan fingerprint density at radius 2 is 1.85 bits per heavy atom. The van der Waals surface area contributed by atoms with Crippen LogP contribution in [-0.4, -0.2) is 47.6 Å². The number of nitrogens with zero attached hydrogens (tertiary/aromatic N) is 1. The summed E-state index contributed by atoms with van der Waals surface area (Å²) in [5.41, 5.74) is 0. The number of carbonyl (C=O) groups excluding carboxylic acids is 2. The molecule has 2 aliphatic rings. The Bertz CT molecular complexity index is 395. The lowest BCUT2D eigenvalue weighted by molar-refractivity contribution is -0.156. The van der Waals surface area contributed by atoms with Crippen LogP contribution >= 0.6 is 0 Å². The molecule has 114 valence electrons. The summed E-state index contributed by atoms with van der Waals surface area (Å²) in [6, 6.07) is -0.779. The standard InChI is InChI=1S/C15H26N2O3/c1-8(2)12-15(19)17(11-6-7-20-10(11)5)13(9(3)4)14(18)16-12/h8-13H,6-7H2,1-5H3,(H,16,18). The fourth-order valence-corrected chi connectivity index (χ4v) is 3.26. The molecule has 0 bridgehead atoms. The van der Waals surface area contributed by atoms with Gasteiger partial charge in [0.05, 0.1) is 12.1 Å². The minimum absolute atomic E-state index is 0.00101. The van der Waals surface area contributed by atoms with Crippen molar-refractivity contribution in [2.75, 3.05) is 6.61 Å². The molecule has 20 heavy (non-hydrogen) atoms. The van der Waals surface area contributed by atoms with Gasteiger partial charge >= 0.3 is 0 Å². The number of nitrogens with one attached hydrogen (secondary N) is 1. The summed E-state index contributed by atoms with van der Waals surface area (Å²) in [5.74, 6) is 0.206. The molecule has 1 N–H and O–H groups in total. The van der Waals surface area contributed by atoms with Gasteiger partial charge in [0.1, 0.15) is 12.1 Å². The normalized spacial score (nSPS) is 35.0. The van der Waals surface area contributed by atoms with E-state index in [0.717, 1.165) is 6.42 Å². The fraction of sp³-hybridized carbons (Fsp3) is 0.867. The molecular formula is C15H26N2O3. The summed E-state index contributed by atoms with van der Waals surface area (Å²) < 4.78 is 5.60. The summed E-state index contributed by atoms with van der Waals surface area (Å²) in [5, 5.41) is 2.89. The van der Waals surface area contributed by atoms with Crippen molar-refractivity contribution < 1.29 is 14.3 Å². The highest BCUT2D eigenvalue weighted by Crippen LogP contribution is 2.29. The summed E-state index contributed by atoms with van der Waals surface area (Å²) in [7, 11) is 0. The van der Waals surface area contributed by atoms with Gasteiger partial charge in [-0.25, -0.2) is 0 Å². The number of hydrogen-bond donors (Lipinski definition) is 1. The van der Waals surface area contributed by atoms with E-state index in [-0.39, 0.29) is 41.8 Å². The summed E-state index contributed by atoms with van der Waals surface area (Å²) in [6.45, 7) is 10.5. The van der Waals surface area contributed by atoms with E-state index >= 15 is 0 Å². The highest BCUT2D eigenvalue weighted by Gasteiger charge is 2.48. The van der Waals surface area contributed by atoms with Crippen LogP contribution in [0, 0.1) is 11.8 Å². The monoisotopic (exact) mass is 282 g/mol. The molecule has 0 radical (unpaired) electrons. The van der Waals surface area contributed by atoms with E-state index in [2.05, 4.69) is 5.32 Å². The van der Waals surface area contributed by atoms with Gasteiger partial charge in [-0.1, -0.05) is 27.7 Å². The molecule has 2 amide bonds. The molecule has 0 aromatic carbocycles. The second-order valence-electron chi connectivity index (χ2n) is 6.60. The zero-order valence-electron chi connectivity index (χ0n) is 13.1. The Hall–Kier alpha value is -1.10. The number of rotatable bonds is 3. The third kappa shape index (κ3) is 2.55. The lowest BCUT2D eigenvalue weighted by Gasteiger charge is -2.45. The van der Waals surface area contributed by atoms with Crippen molar-refractivity contribution in [1.82, 2.24) is 10.2 Å². The van der Waals surface area contributed by atoms with Crippen LogP contribution in [0.25, 0.3) is 0 Å². The first kappa shape index (κ1) is 15.3. The molecular weight excluding hydrogens is 256 g/mol. The Kier molecular flexibility index (Phi) is 4.37. The van der Waals surface area contributed by atoms with E-state index in [0.29, 0.717) is 6.61 Å². The zero-order valence-corrected chi connectivity index (χ0v) is 13.1. The van der Waals surface area contributed by atoms with Crippen LogP contribution in [0.15, 0.2) is 0 Å². The third-order valence-corrected chi connectivity index (χ3v) is 4.38. The molecule has 0 saturated carbocycles. The minimum atomic E-state index is -0.412. The van der Waals surface area contributed by atoms with Gasteiger partial charge in [0.15, 0.2) is 0 Å². The second kappa shape index (κ2) is 5.72. The molecule has 2 fully saturated rings. The summed E-state index contributed by atoms with van der Waals surface area (Å²) in [6.07, 6.45) is 0.813. The molecule has 5 nitrogen and oxygen atoms in total. The maximum absolute atomic E-state index is 12.8. The Balaban J connectivity index is 2.33. The quantitative estimate of drug-likeness (QED) is 0.845. The Morgan fingerprint density at radius 1 is 1.20 bits per heavy atom. The highest BCUT2D eigenvalue weighted by atomic mass is 16.5. The molecule has 4 atom stereocenters. The van der Waals surface area contributed by atoms with Crippen LogP contribution < -0.4 is 5.32 Å². The first-order chi connectivity index (χ1) is 9.34. The predicted molar refractivity (Wildman–Crippen MR) is 76.1 cm³/mol. The fourth-order valence-electron chi connectivity index (χ4n) is 3.26. The SMILES string of the molecule is CC(C)C1NC(=O)C(C(C)C)N(C2CCOC2C)C1=O. The third-order valence-electron chi connectivity index (χ3n) is 4.38. The number of piperazine rings is 1. The van der Waals surface area contributed by atoms with Crippen molar-refractivity contribution in [3.63, 3.8) is 0 Å². The summed E-state index contributed by atoms with van der Waals surface area (Å²) in [4.78, 5) is 27.1. The summed E-state index contributed by atoms with van der Waals surface area (Å²) >= 11 is 0. The number of ether oxygens (including phenoxy) is 1. The maximum Gasteiger partial charge on any atom is 0.246 e. The van der Waals surface area contributed by atoms with E-state index < -0.39 is 6.04 Å². The van der Waals surface area contributed by atoms with E-state index in [1.54, 1.807) is 0 Å². The van der Waals surface area contributed by atoms with Crippen molar-refractivity contribution in [2.45, 2.75) is 65.3 Å². The van der Waals surface area contributed by atoms with Gasteiger partial charge in [-0.3, -0.25) is 9.59 Å². The van der Waals surface area contributed by atoms with Crippen LogP contribution in [0.1, 0.15) is 41.0 Å². The number of carbonyl (C=O) groups is 2. The van der Waals surface area contributed by atoms with Crippen molar-refractivity contribution in [3.8, 4) is 0 Å². The first-order valence-electron chi connectivity index (χ1n) is 7.58. The van der Waals surface area contributed by atoms with Crippen molar-refractivity contribution in [3.05, 3.63) is 0 Å². The van der Waals surface area contributed by atoms with E-state index in [1.165, 1.54) is 0 Å². The molecule has 4 unspecified atom stereocenters. The van der Waals surface area contributed by atoms with Crippen LogP contribution in [0.4, 0.5) is 0 Å². The lowest BCUT2D eigenvalue weighted by atomic mass is 9.90. The maximum atomic E-state index is 12.8. The van der Waals surface area contributed by atoms with Gasteiger partial charge < -0.3 is 15.0 Å². The van der Waals surface area contributed by atoms with E-state index in [9.17, 15) is 9.59 Å². The Labute approximate surface area is 121 Å². The molecule has 0 aliphatic carbocycles. The van der Waals surface area contributed by atoms with E-state index in [4.69, 9.17) is 4.74 Å². The van der Waals surface area contributed by atoms with Crippen LogP contribution in [0.5, 0.6) is 0 Å². The minimum Gasteiger partial charge on any atom is -0.376 e. The average molecular weight is 282 g/mol. The smallest absolute Gasteiger partial charge is 0.246 e. The van der Waals surface area contributed by atoms with Crippen molar-refractivity contribution in [2.24, 2.45) is 11.8 Å². The van der Waals surface area contributed by atoms with Crippen molar-refractivity contribution >= 4 is 11.8 Å². The van der Waals surface area contributed by atoms with Gasteiger partial charge in [-0.05, 0) is 25.2 Å².